The predicted molar refractivity (Wildman–Crippen MR) is 75.5 cm³/mol. The molecule has 19 heavy (non-hydrogen) atoms. The molecule has 0 spiro atoms. The number of hydrogen-bond donors (Lipinski definition) is 1. The summed E-state index contributed by atoms with van der Waals surface area (Å²) in [6.07, 6.45) is 1.28. The van der Waals surface area contributed by atoms with Crippen LogP contribution >= 0.6 is 0 Å². The summed E-state index contributed by atoms with van der Waals surface area (Å²) in [5.74, 6) is 2.75. The van der Waals surface area contributed by atoms with Gasteiger partial charge in [0.05, 0.1) is 6.04 Å². The Kier molecular flexibility index (Phi) is 2.39. The number of nitrogens with one attached hydrogen (secondary N) is 1. The number of hydrogen-bond acceptors (Lipinski definition) is 2. The van der Waals surface area contributed by atoms with Crippen molar-refractivity contribution in [3.63, 3.8) is 0 Å². The van der Waals surface area contributed by atoms with Gasteiger partial charge >= 0.3 is 0 Å². The van der Waals surface area contributed by atoms with Crippen molar-refractivity contribution >= 4 is 0 Å². The van der Waals surface area contributed by atoms with Gasteiger partial charge in [0, 0.05) is 17.2 Å². The Labute approximate surface area is 113 Å². The smallest absolute Gasteiger partial charge is 0.132 e. The van der Waals surface area contributed by atoms with Crippen LogP contribution in [-0.2, 0) is 0 Å². The van der Waals surface area contributed by atoms with E-state index < -0.39 is 0 Å². The van der Waals surface area contributed by atoms with Crippen molar-refractivity contribution in [3.05, 3.63) is 59.7 Å². The minimum absolute atomic E-state index is 0.260. The Bertz CT molecular complexity index is 577. The largest absolute Gasteiger partial charge is 0.457 e. The molecular formula is C17H17NO. The van der Waals surface area contributed by atoms with E-state index in [1.54, 1.807) is 0 Å². The zero-order valence-corrected chi connectivity index (χ0v) is 11.0. The highest BCUT2D eigenvalue weighted by Crippen LogP contribution is 2.44. The molecule has 4 rings (SSSR count). The first-order valence-corrected chi connectivity index (χ1v) is 6.94. The number of ether oxygens (including phenoxy) is 1. The van der Waals surface area contributed by atoms with Crippen LogP contribution in [0.25, 0.3) is 0 Å². The quantitative estimate of drug-likeness (QED) is 0.874. The Morgan fingerprint density at radius 3 is 2.00 bits per heavy atom. The van der Waals surface area contributed by atoms with Crippen LogP contribution < -0.4 is 10.1 Å². The molecule has 2 aromatic carbocycles. The summed E-state index contributed by atoms with van der Waals surface area (Å²) < 4.78 is 6.00. The van der Waals surface area contributed by atoms with Gasteiger partial charge in [-0.25, -0.2) is 0 Å². The molecule has 1 aliphatic heterocycles. The molecule has 96 valence electrons. The molecular weight excluding hydrogens is 234 g/mol. The van der Waals surface area contributed by atoms with Crippen LogP contribution in [0, 0.1) is 5.92 Å². The minimum Gasteiger partial charge on any atom is -0.457 e. The molecule has 0 amide bonds. The lowest BCUT2D eigenvalue weighted by Gasteiger charge is -2.29. The summed E-state index contributed by atoms with van der Waals surface area (Å²) in [7, 11) is 0. The molecule has 2 unspecified atom stereocenters. The lowest BCUT2D eigenvalue weighted by molar-refractivity contribution is 0.425. The summed E-state index contributed by atoms with van der Waals surface area (Å²) in [6, 6.07) is 17.6. The highest BCUT2D eigenvalue weighted by atomic mass is 16.5. The number of fused-ring (bicyclic) bond motifs is 2. The van der Waals surface area contributed by atoms with Crippen molar-refractivity contribution in [2.75, 3.05) is 0 Å². The van der Waals surface area contributed by atoms with Crippen molar-refractivity contribution in [2.24, 2.45) is 5.92 Å². The van der Waals surface area contributed by atoms with E-state index in [4.69, 9.17) is 4.74 Å². The first kappa shape index (κ1) is 11.1. The Hall–Kier alpha value is -1.80. The van der Waals surface area contributed by atoms with Crippen LogP contribution in [0.4, 0.5) is 0 Å². The summed E-state index contributed by atoms with van der Waals surface area (Å²) in [4.78, 5) is 0. The average molecular weight is 251 g/mol. The van der Waals surface area contributed by atoms with Gasteiger partial charge in [0.15, 0.2) is 0 Å². The van der Waals surface area contributed by atoms with Gasteiger partial charge in [0.2, 0.25) is 0 Å². The third-order valence-electron chi connectivity index (χ3n) is 4.17. The monoisotopic (exact) mass is 251 g/mol. The minimum atomic E-state index is 0.260. The standard InChI is InChI=1S/C17H17NO/c1-11-10-14(11)18-17-12-6-2-4-8-15(12)19-16-9-5-3-7-13(16)17/h2-9,11,14,17-18H,10H2,1H3. The molecule has 1 N–H and O–H groups in total. The van der Waals surface area contributed by atoms with Gasteiger partial charge in [-0.05, 0) is 24.5 Å². The van der Waals surface area contributed by atoms with Crippen molar-refractivity contribution in [3.8, 4) is 11.5 Å². The van der Waals surface area contributed by atoms with Crippen LogP contribution in [0.5, 0.6) is 11.5 Å². The first-order valence-electron chi connectivity index (χ1n) is 6.94. The van der Waals surface area contributed by atoms with Crippen molar-refractivity contribution in [2.45, 2.75) is 25.4 Å². The maximum atomic E-state index is 6.00. The van der Waals surface area contributed by atoms with Gasteiger partial charge in [-0.2, -0.15) is 0 Å². The molecule has 2 nitrogen and oxygen atoms in total. The number of benzene rings is 2. The van der Waals surface area contributed by atoms with Crippen LogP contribution in [0.1, 0.15) is 30.5 Å². The van der Waals surface area contributed by atoms with Gasteiger partial charge in [0.1, 0.15) is 11.5 Å². The molecule has 1 heterocycles. The highest BCUT2D eigenvalue weighted by Gasteiger charge is 2.37. The predicted octanol–water partition coefficient (Wildman–Crippen LogP) is 3.88. The Morgan fingerprint density at radius 2 is 1.47 bits per heavy atom. The molecule has 0 radical (unpaired) electrons. The SMILES string of the molecule is CC1CC1NC1c2ccccc2Oc2ccccc21. The van der Waals surface area contributed by atoms with Crippen molar-refractivity contribution in [1.82, 2.24) is 5.32 Å². The highest BCUT2D eigenvalue weighted by molar-refractivity contribution is 5.53. The van der Waals surface area contributed by atoms with Crippen LogP contribution in [-0.4, -0.2) is 6.04 Å². The van der Waals surface area contributed by atoms with Crippen LogP contribution in [0.15, 0.2) is 48.5 Å². The fourth-order valence-corrected chi connectivity index (χ4v) is 2.86. The molecule has 0 bridgehead atoms. The summed E-state index contributed by atoms with van der Waals surface area (Å²) >= 11 is 0. The van der Waals surface area contributed by atoms with E-state index in [1.165, 1.54) is 17.5 Å². The van der Waals surface area contributed by atoms with E-state index in [-0.39, 0.29) is 6.04 Å². The number of para-hydroxylation sites is 2. The average Bonchev–Trinajstić information content (AvgIpc) is 3.14. The lowest BCUT2D eigenvalue weighted by atomic mass is 9.94. The zero-order chi connectivity index (χ0) is 12.8. The third kappa shape index (κ3) is 1.83. The van der Waals surface area contributed by atoms with Gasteiger partial charge in [-0.3, -0.25) is 0 Å². The van der Waals surface area contributed by atoms with Gasteiger partial charge in [-0.1, -0.05) is 43.3 Å². The second-order valence-electron chi connectivity index (χ2n) is 5.60. The molecule has 0 saturated heterocycles. The maximum Gasteiger partial charge on any atom is 0.132 e. The van der Waals surface area contributed by atoms with Crippen molar-refractivity contribution in [1.29, 1.82) is 0 Å². The summed E-state index contributed by atoms with van der Waals surface area (Å²) in [6.45, 7) is 2.30. The lowest BCUT2D eigenvalue weighted by Crippen LogP contribution is -2.28. The maximum absolute atomic E-state index is 6.00. The van der Waals surface area contributed by atoms with E-state index in [1.807, 2.05) is 12.1 Å². The Balaban J connectivity index is 1.79. The topological polar surface area (TPSA) is 21.3 Å². The van der Waals surface area contributed by atoms with Gasteiger partial charge in [-0.15, -0.1) is 0 Å². The van der Waals surface area contributed by atoms with E-state index >= 15 is 0 Å². The van der Waals surface area contributed by atoms with E-state index in [9.17, 15) is 0 Å². The molecule has 2 aromatic rings. The molecule has 2 heteroatoms. The van der Waals surface area contributed by atoms with Crippen LogP contribution in [0.2, 0.25) is 0 Å². The second kappa shape index (κ2) is 4.10. The zero-order valence-electron chi connectivity index (χ0n) is 11.0. The van der Waals surface area contributed by atoms with Crippen molar-refractivity contribution < 1.29 is 4.74 Å². The van der Waals surface area contributed by atoms with E-state index in [0.29, 0.717) is 6.04 Å². The molecule has 1 aliphatic carbocycles. The van der Waals surface area contributed by atoms with Gasteiger partial charge in [0.25, 0.3) is 0 Å². The molecule has 0 aromatic heterocycles. The fraction of sp³-hybridized carbons (Fsp3) is 0.294. The van der Waals surface area contributed by atoms with Gasteiger partial charge < -0.3 is 10.1 Å². The normalized spacial score (nSPS) is 24.3. The van der Waals surface area contributed by atoms with E-state index in [0.717, 1.165) is 17.4 Å². The molecule has 1 saturated carbocycles. The summed E-state index contributed by atoms with van der Waals surface area (Å²) in [5, 5.41) is 3.77. The first-order chi connectivity index (χ1) is 9.33. The van der Waals surface area contributed by atoms with E-state index in [2.05, 4.69) is 48.6 Å². The third-order valence-corrected chi connectivity index (χ3v) is 4.17. The Morgan fingerprint density at radius 1 is 0.947 bits per heavy atom. The summed E-state index contributed by atoms with van der Waals surface area (Å²) in [5.41, 5.74) is 2.50. The molecule has 2 atom stereocenters. The number of rotatable bonds is 2. The second-order valence-corrected chi connectivity index (χ2v) is 5.60. The molecule has 2 aliphatic rings. The fourth-order valence-electron chi connectivity index (χ4n) is 2.86. The molecule has 1 fully saturated rings. The van der Waals surface area contributed by atoms with Crippen LogP contribution in [0.3, 0.4) is 0 Å².